The molecule has 1 amide bonds. The van der Waals surface area contributed by atoms with E-state index in [0.717, 1.165) is 10.2 Å². The lowest BCUT2D eigenvalue weighted by Gasteiger charge is -2.31. The minimum Gasteiger partial charge on any atom is -0.512 e. The lowest BCUT2D eigenvalue weighted by atomic mass is 10.1. The van der Waals surface area contributed by atoms with Crippen LogP contribution in [0.5, 0.6) is 0 Å². The monoisotopic (exact) mass is 281 g/mol. The second-order valence-corrected chi connectivity index (χ2v) is 4.79. The zero-order valence-electron chi connectivity index (χ0n) is 8.85. The molecule has 2 rings (SSSR count). The smallest absolute Gasteiger partial charge is 0.254 e. The molecule has 1 heterocycles. The highest BCUT2D eigenvalue weighted by atomic mass is 79.9. The van der Waals surface area contributed by atoms with E-state index in [1.54, 1.807) is 4.90 Å². The highest BCUT2D eigenvalue weighted by Crippen LogP contribution is 2.25. The lowest BCUT2D eigenvalue weighted by molar-refractivity contribution is -0.115. The van der Waals surface area contributed by atoms with Crippen molar-refractivity contribution in [2.24, 2.45) is 0 Å². The van der Waals surface area contributed by atoms with Crippen LogP contribution in [0.4, 0.5) is 5.69 Å². The predicted molar refractivity (Wildman–Crippen MR) is 66.4 cm³/mol. The molecule has 0 spiro atoms. The Hall–Kier alpha value is -1.29. The van der Waals surface area contributed by atoms with Crippen molar-refractivity contribution in [3.63, 3.8) is 0 Å². The largest absolute Gasteiger partial charge is 0.512 e. The highest BCUT2D eigenvalue weighted by Gasteiger charge is 2.26. The highest BCUT2D eigenvalue weighted by molar-refractivity contribution is 9.10. The van der Waals surface area contributed by atoms with Crippen LogP contribution in [-0.4, -0.2) is 17.1 Å². The van der Waals surface area contributed by atoms with Crippen molar-refractivity contribution in [3.05, 3.63) is 40.6 Å². The van der Waals surface area contributed by atoms with Gasteiger partial charge in [-0.3, -0.25) is 4.79 Å². The predicted octanol–water partition coefficient (Wildman–Crippen LogP) is 3.02. The first-order valence-corrected chi connectivity index (χ1v) is 5.85. The fourth-order valence-electron chi connectivity index (χ4n) is 1.87. The van der Waals surface area contributed by atoms with Gasteiger partial charge in [0, 0.05) is 28.7 Å². The normalized spacial score (nSPS) is 20.9. The average Bonchev–Trinajstić information content (AvgIpc) is 2.19. The van der Waals surface area contributed by atoms with Crippen LogP contribution in [0, 0.1) is 0 Å². The van der Waals surface area contributed by atoms with Crippen molar-refractivity contribution in [3.8, 4) is 0 Å². The molecule has 0 bridgehead atoms. The van der Waals surface area contributed by atoms with E-state index in [-0.39, 0.29) is 17.7 Å². The Balaban J connectivity index is 2.33. The number of rotatable bonds is 1. The minimum absolute atomic E-state index is 0.0151. The zero-order chi connectivity index (χ0) is 11.7. The molecule has 0 saturated carbocycles. The van der Waals surface area contributed by atoms with Gasteiger partial charge in [-0.2, -0.15) is 0 Å². The zero-order valence-corrected chi connectivity index (χ0v) is 10.4. The number of carbonyl (C=O) groups excluding carboxylic acids is 1. The Kier molecular flexibility index (Phi) is 3.01. The fourth-order valence-corrected chi connectivity index (χ4v) is 2.13. The van der Waals surface area contributed by atoms with E-state index < -0.39 is 0 Å². The third kappa shape index (κ3) is 2.11. The molecule has 1 aliphatic heterocycles. The molecule has 3 nitrogen and oxygen atoms in total. The summed E-state index contributed by atoms with van der Waals surface area (Å²) < 4.78 is 0.978. The molecular weight excluding hydrogens is 270 g/mol. The molecule has 1 aromatic carbocycles. The molecule has 1 unspecified atom stereocenters. The van der Waals surface area contributed by atoms with Crippen molar-refractivity contribution in [2.75, 3.05) is 4.90 Å². The standard InChI is InChI=1S/C12H12BrNO2/c1-8-6-11(15)7-12(16)14(8)10-4-2-9(13)3-5-10/h2-5,7-8,15H,6H2,1H3. The van der Waals surface area contributed by atoms with Crippen LogP contribution >= 0.6 is 15.9 Å². The van der Waals surface area contributed by atoms with Gasteiger partial charge in [-0.15, -0.1) is 0 Å². The van der Waals surface area contributed by atoms with E-state index >= 15 is 0 Å². The number of amides is 1. The van der Waals surface area contributed by atoms with Crippen molar-refractivity contribution < 1.29 is 9.90 Å². The SMILES string of the molecule is CC1CC(O)=CC(=O)N1c1ccc(Br)cc1. The molecule has 0 aliphatic carbocycles. The first kappa shape index (κ1) is 11.2. The second-order valence-electron chi connectivity index (χ2n) is 3.87. The van der Waals surface area contributed by atoms with Gasteiger partial charge in [0.05, 0.1) is 5.76 Å². The third-order valence-electron chi connectivity index (χ3n) is 2.58. The first-order chi connectivity index (χ1) is 7.58. The van der Waals surface area contributed by atoms with Gasteiger partial charge in [0.15, 0.2) is 0 Å². The molecule has 0 saturated heterocycles. The summed E-state index contributed by atoms with van der Waals surface area (Å²) >= 11 is 3.35. The number of hydrogen-bond acceptors (Lipinski definition) is 2. The summed E-state index contributed by atoms with van der Waals surface area (Å²) in [4.78, 5) is 13.5. The fraction of sp³-hybridized carbons (Fsp3) is 0.250. The summed E-state index contributed by atoms with van der Waals surface area (Å²) in [7, 11) is 0. The molecule has 1 aliphatic rings. The quantitative estimate of drug-likeness (QED) is 0.860. The summed E-state index contributed by atoms with van der Waals surface area (Å²) in [6.07, 6.45) is 1.78. The van der Waals surface area contributed by atoms with Crippen LogP contribution in [-0.2, 0) is 4.79 Å². The summed E-state index contributed by atoms with van der Waals surface area (Å²) in [5.74, 6) is -0.00978. The summed E-state index contributed by atoms with van der Waals surface area (Å²) in [5, 5.41) is 9.36. The van der Waals surface area contributed by atoms with E-state index in [1.807, 2.05) is 31.2 Å². The van der Waals surface area contributed by atoms with Crippen LogP contribution in [0.2, 0.25) is 0 Å². The summed E-state index contributed by atoms with van der Waals surface area (Å²) in [6.45, 7) is 1.92. The Morgan fingerprint density at radius 2 is 2.00 bits per heavy atom. The molecular formula is C12H12BrNO2. The maximum atomic E-state index is 11.8. The van der Waals surface area contributed by atoms with Gasteiger partial charge >= 0.3 is 0 Å². The van der Waals surface area contributed by atoms with Gasteiger partial charge in [0.25, 0.3) is 5.91 Å². The molecule has 0 aromatic heterocycles. The number of benzene rings is 1. The molecule has 1 N–H and O–H groups in total. The molecule has 84 valence electrons. The minimum atomic E-state index is -0.168. The van der Waals surface area contributed by atoms with Crippen molar-refractivity contribution in [1.82, 2.24) is 0 Å². The third-order valence-corrected chi connectivity index (χ3v) is 3.11. The van der Waals surface area contributed by atoms with Gasteiger partial charge < -0.3 is 10.0 Å². The number of nitrogens with zero attached hydrogens (tertiary/aromatic N) is 1. The molecule has 0 radical (unpaired) electrons. The van der Waals surface area contributed by atoms with Crippen molar-refractivity contribution in [2.45, 2.75) is 19.4 Å². The van der Waals surface area contributed by atoms with E-state index in [0.29, 0.717) is 6.42 Å². The molecule has 4 heteroatoms. The second kappa shape index (κ2) is 4.29. The topological polar surface area (TPSA) is 40.5 Å². The number of anilines is 1. The maximum Gasteiger partial charge on any atom is 0.254 e. The Labute approximate surface area is 103 Å². The van der Waals surface area contributed by atoms with E-state index in [9.17, 15) is 9.90 Å². The summed E-state index contributed by atoms with van der Waals surface area (Å²) in [6, 6.07) is 7.54. The van der Waals surface area contributed by atoms with Crippen LogP contribution in [0.3, 0.4) is 0 Å². The lowest BCUT2D eigenvalue weighted by Crippen LogP contribution is -2.41. The Bertz CT molecular complexity index is 439. The number of aliphatic hydroxyl groups excluding tert-OH is 1. The van der Waals surface area contributed by atoms with Gasteiger partial charge in [-0.1, -0.05) is 15.9 Å². The Morgan fingerprint density at radius 1 is 1.38 bits per heavy atom. The number of carbonyl (C=O) groups is 1. The molecule has 1 aromatic rings. The molecule has 0 fully saturated rings. The average molecular weight is 282 g/mol. The van der Waals surface area contributed by atoms with E-state index in [1.165, 1.54) is 6.08 Å². The van der Waals surface area contributed by atoms with Gasteiger partial charge in [-0.25, -0.2) is 0 Å². The van der Waals surface area contributed by atoms with E-state index in [4.69, 9.17) is 0 Å². The Morgan fingerprint density at radius 3 is 2.56 bits per heavy atom. The van der Waals surface area contributed by atoms with Crippen LogP contribution < -0.4 is 4.90 Å². The number of aliphatic hydroxyl groups is 1. The van der Waals surface area contributed by atoms with Crippen LogP contribution in [0.25, 0.3) is 0 Å². The number of hydrogen-bond donors (Lipinski definition) is 1. The molecule has 16 heavy (non-hydrogen) atoms. The van der Waals surface area contributed by atoms with Gasteiger partial charge in [0.1, 0.15) is 0 Å². The first-order valence-electron chi connectivity index (χ1n) is 5.06. The maximum absolute atomic E-state index is 11.8. The molecule has 1 atom stereocenters. The number of halogens is 1. The van der Waals surface area contributed by atoms with Crippen molar-refractivity contribution in [1.29, 1.82) is 0 Å². The van der Waals surface area contributed by atoms with E-state index in [2.05, 4.69) is 15.9 Å². The summed E-state index contributed by atoms with van der Waals surface area (Å²) in [5.41, 5.74) is 0.851. The van der Waals surface area contributed by atoms with Crippen LogP contribution in [0.15, 0.2) is 40.6 Å². The van der Waals surface area contributed by atoms with Crippen LogP contribution in [0.1, 0.15) is 13.3 Å². The van der Waals surface area contributed by atoms with Gasteiger partial charge in [-0.05, 0) is 31.2 Å². The van der Waals surface area contributed by atoms with Crippen molar-refractivity contribution >= 4 is 27.5 Å². The van der Waals surface area contributed by atoms with Gasteiger partial charge in [0.2, 0.25) is 0 Å².